The van der Waals surface area contributed by atoms with E-state index in [1.165, 1.54) is 5.56 Å². The second kappa shape index (κ2) is 5.28. The maximum atomic E-state index is 6.42. The van der Waals surface area contributed by atoms with Crippen molar-refractivity contribution in [2.75, 3.05) is 0 Å². The van der Waals surface area contributed by atoms with Gasteiger partial charge < -0.3 is 4.42 Å². The minimum Gasteiger partial charge on any atom is -0.457 e. The Kier molecular flexibility index (Phi) is 3.95. The third kappa shape index (κ3) is 2.75. The van der Waals surface area contributed by atoms with Crippen molar-refractivity contribution in [2.24, 2.45) is 0 Å². The molecule has 1 aromatic heterocycles. The first-order chi connectivity index (χ1) is 8.09. The summed E-state index contributed by atoms with van der Waals surface area (Å²) in [5.41, 5.74) is 3.37. The number of benzene rings is 1. The van der Waals surface area contributed by atoms with Gasteiger partial charge >= 0.3 is 0 Å². The summed E-state index contributed by atoms with van der Waals surface area (Å²) in [7, 11) is 0. The monoisotopic (exact) mass is 312 g/mol. The summed E-state index contributed by atoms with van der Waals surface area (Å²) in [4.78, 5) is 0. The predicted octanol–water partition coefficient (Wildman–Crippen LogP) is 5.49. The quantitative estimate of drug-likeness (QED) is 0.683. The average Bonchev–Trinajstić information content (AvgIpc) is 2.74. The van der Waals surface area contributed by atoms with Gasteiger partial charge in [0.1, 0.15) is 0 Å². The Hall–Kier alpha value is -0.730. The highest BCUT2D eigenvalue weighted by molar-refractivity contribution is 9.10. The lowest BCUT2D eigenvalue weighted by Gasteiger charge is -2.11. The molecular formula is C14H14BrClO. The first-order valence-corrected chi connectivity index (χ1v) is 6.79. The molecule has 2 rings (SSSR count). The van der Waals surface area contributed by atoms with Gasteiger partial charge in [-0.2, -0.15) is 0 Å². The third-order valence-electron chi connectivity index (χ3n) is 2.81. The van der Waals surface area contributed by atoms with E-state index in [-0.39, 0.29) is 5.38 Å². The number of alkyl halides is 1. The van der Waals surface area contributed by atoms with Gasteiger partial charge in [-0.15, -0.1) is 11.6 Å². The standard InChI is InChI=1S/C14H14BrClO/c1-9(2)10-3-5-11(6-4-10)13(16)12-7-8-17-14(12)15/h3-9,13H,1-2H3. The van der Waals surface area contributed by atoms with E-state index in [1.54, 1.807) is 6.26 Å². The summed E-state index contributed by atoms with van der Waals surface area (Å²) in [5.74, 6) is 0.540. The van der Waals surface area contributed by atoms with Crippen molar-refractivity contribution in [3.8, 4) is 0 Å². The molecule has 0 aliphatic carbocycles. The van der Waals surface area contributed by atoms with Gasteiger partial charge in [-0.3, -0.25) is 0 Å². The SMILES string of the molecule is CC(C)c1ccc(C(Cl)c2ccoc2Br)cc1. The minimum absolute atomic E-state index is 0.177. The van der Waals surface area contributed by atoms with Gasteiger partial charge in [0, 0.05) is 5.56 Å². The Balaban J connectivity index is 2.26. The Morgan fingerprint density at radius 2 is 1.65 bits per heavy atom. The van der Waals surface area contributed by atoms with Crippen molar-refractivity contribution < 1.29 is 4.42 Å². The van der Waals surface area contributed by atoms with Crippen LogP contribution in [0.25, 0.3) is 0 Å². The highest BCUT2D eigenvalue weighted by Crippen LogP contribution is 2.34. The molecule has 3 heteroatoms. The molecule has 90 valence electrons. The van der Waals surface area contributed by atoms with Crippen LogP contribution in [0.1, 0.15) is 41.8 Å². The second-order valence-electron chi connectivity index (χ2n) is 4.33. The molecule has 1 unspecified atom stereocenters. The molecule has 0 saturated heterocycles. The van der Waals surface area contributed by atoms with E-state index in [0.29, 0.717) is 10.6 Å². The number of hydrogen-bond acceptors (Lipinski definition) is 1. The van der Waals surface area contributed by atoms with Crippen LogP contribution in [-0.4, -0.2) is 0 Å². The summed E-state index contributed by atoms with van der Waals surface area (Å²) < 4.78 is 5.90. The normalized spacial score (nSPS) is 13.0. The van der Waals surface area contributed by atoms with Crippen molar-refractivity contribution in [3.63, 3.8) is 0 Å². The molecule has 1 nitrogen and oxygen atoms in total. The topological polar surface area (TPSA) is 13.1 Å². The van der Waals surface area contributed by atoms with Crippen molar-refractivity contribution >= 4 is 27.5 Å². The van der Waals surface area contributed by atoms with Crippen molar-refractivity contribution in [1.82, 2.24) is 0 Å². The van der Waals surface area contributed by atoms with Gasteiger partial charge in [0.15, 0.2) is 4.67 Å². The fourth-order valence-corrected chi connectivity index (χ4v) is 2.63. The largest absolute Gasteiger partial charge is 0.457 e. The molecule has 0 aliphatic heterocycles. The highest BCUT2D eigenvalue weighted by atomic mass is 79.9. The van der Waals surface area contributed by atoms with Crippen LogP contribution in [0.2, 0.25) is 0 Å². The molecule has 2 aromatic rings. The van der Waals surface area contributed by atoms with Crippen LogP contribution in [0.4, 0.5) is 0 Å². The van der Waals surface area contributed by atoms with Crippen molar-refractivity contribution in [3.05, 3.63) is 58.0 Å². The zero-order valence-electron chi connectivity index (χ0n) is 9.78. The van der Waals surface area contributed by atoms with Crippen LogP contribution in [0, 0.1) is 0 Å². The molecule has 0 saturated carbocycles. The highest BCUT2D eigenvalue weighted by Gasteiger charge is 2.16. The van der Waals surface area contributed by atoms with E-state index in [1.807, 2.05) is 6.07 Å². The average molecular weight is 314 g/mol. The first kappa shape index (κ1) is 12.7. The Labute approximate surface area is 115 Å². The molecule has 0 spiro atoms. The smallest absolute Gasteiger partial charge is 0.173 e. The summed E-state index contributed by atoms with van der Waals surface area (Å²) >= 11 is 9.77. The van der Waals surface area contributed by atoms with Crippen LogP contribution in [0.15, 0.2) is 45.7 Å². The zero-order chi connectivity index (χ0) is 12.4. The Bertz CT molecular complexity index is 487. The lowest BCUT2D eigenvalue weighted by atomic mass is 9.99. The molecule has 0 aliphatic rings. The fraction of sp³-hybridized carbons (Fsp3) is 0.286. The van der Waals surface area contributed by atoms with Gasteiger partial charge in [-0.05, 0) is 39.0 Å². The van der Waals surface area contributed by atoms with E-state index in [9.17, 15) is 0 Å². The number of rotatable bonds is 3. The first-order valence-electron chi connectivity index (χ1n) is 5.56. The van der Waals surface area contributed by atoms with Gasteiger partial charge in [0.25, 0.3) is 0 Å². The number of furan rings is 1. The summed E-state index contributed by atoms with van der Waals surface area (Å²) in [6.07, 6.45) is 1.64. The molecule has 1 atom stereocenters. The summed E-state index contributed by atoms with van der Waals surface area (Å²) in [6, 6.07) is 10.3. The summed E-state index contributed by atoms with van der Waals surface area (Å²) in [5, 5.41) is -0.177. The van der Waals surface area contributed by atoms with Crippen LogP contribution in [0.5, 0.6) is 0 Å². The lowest BCUT2D eigenvalue weighted by molar-refractivity contribution is 0.537. The van der Waals surface area contributed by atoms with Gasteiger partial charge in [-0.25, -0.2) is 0 Å². The summed E-state index contributed by atoms with van der Waals surface area (Å²) in [6.45, 7) is 4.36. The predicted molar refractivity (Wildman–Crippen MR) is 74.6 cm³/mol. The Morgan fingerprint density at radius 3 is 2.12 bits per heavy atom. The molecule has 0 fully saturated rings. The molecule has 0 bridgehead atoms. The van der Waals surface area contributed by atoms with Gasteiger partial charge in [0.2, 0.25) is 0 Å². The molecule has 0 N–H and O–H groups in total. The zero-order valence-corrected chi connectivity index (χ0v) is 12.1. The number of hydrogen-bond donors (Lipinski definition) is 0. The molecule has 1 heterocycles. The van der Waals surface area contributed by atoms with Crippen molar-refractivity contribution in [2.45, 2.75) is 25.1 Å². The fourth-order valence-electron chi connectivity index (χ4n) is 1.71. The number of halogens is 2. The van der Waals surface area contributed by atoms with E-state index in [4.69, 9.17) is 16.0 Å². The van der Waals surface area contributed by atoms with Crippen LogP contribution < -0.4 is 0 Å². The molecular weight excluding hydrogens is 300 g/mol. The van der Waals surface area contributed by atoms with E-state index in [2.05, 4.69) is 54.0 Å². The van der Waals surface area contributed by atoms with E-state index in [0.717, 1.165) is 11.1 Å². The molecule has 17 heavy (non-hydrogen) atoms. The van der Waals surface area contributed by atoms with E-state index >= 15 is 0 Å². The van der Waals surface area contributed by atoms with Crippen LogP contribution >= 0.6 is 27.5 Å². The maximum Gasteiger partial charge on any atom is 0.173 e. The molecule has 1 aromatic carbocycles. The Morgan fingerprint density at radius 1 is 1.06 bits per heavy atom. The van der Waals surface area contributed by atoms with Crippen molar-refractivity contribution in [1.29, 1.82) is 0 Å². The van der Waals surface area contributed by atoms with Gasteiger partial charge in [0.05, 0.1) is 11.6 Å². The lowest BCUT2D eigenvalue weighted by Crippen LogP contribution is -1.94. The van der Waals surface area contributed by atoms with Gasteiger partial charge in [-0.1, -0.05) is 38.1 Å². The van der Waals surface area contributed by atoms with Crippen LogP contribution in [0.3, 0.4) is 0 Å². The molecule has 0 radical (unpaired) electrons. The second-order valence-corrected chi connectivity index (χ2v) is 5.49. The minimum atomic E-state index is -0.177. The maximum absolute atomic E-state index is 6.42. The molecule has 0 amide bonds. The van der Waals surface area contributed by atoms with E-state index < -0.39 is 0 Å². The van der Waals surface area contributed by atoms with Crippen LogP contribution in [-0.2, 0) is 0 Å². The third-order valence-corrected chi connectivity index (χ3v) is 3.95.